The van der Waals surface area contributed by atoms with Crippen LogP contribution in [0.1, 0.15) is 24.8 Å². The van der Waals surface area contributed by atoms with E-state index < -0.39 is 0 Å². The molecule has 3 rings (SSSR count). The smallest absolute Gasteiger partial charge is 0.118 e. The molecule has 0 aliphatic carbocycles. The van der Waals surface area contributed by atoms with E-state index in [1.54, 1.807) is 14.2 Å². The number of benzene rings is 1. The summed E-state index contributed by atoms with van der Waals surface area (Å²) in [4.78, 5) is 2.50. The van der Waals surface area contributed by atoms with Gasteiger partial charge in [0.2, 0.25) is 0 Å². The summed E-state index contributed by atoms with van der Waals surface area (Å²) in [6.45, 7) is 3.88. The Morgan fingerprint density at radius 1 is 1.29 bits per heavy atom. The van der Waals surface area contributed by atoms with Crippen LogP contribution >= 0.6 is 0 Å². The van der Waals surface area contributed by atoms with Gasteiger partial charge in [-0.25, -0.2) is 0 Å². The predicted octanol–water partition coefficient (Wildman–Crippen LogP) is 2.47. The first-order chi connectivity index (χ1) is 10.2. The van der Waals surface area contributed by atoms with Crippen molar-refractivity contribution in [1.82, 2.24) is 4.90 Å². The van der Waals surface area contributed by atoms with E-state index in [9.17, 15) is 0 Å². The van der Waals surface area contributed by atoms with E-state index in [0.717, 1.165) is 44.8 Å². The molecule has 21 heavy (non-hydrogen) atoms. The van der Waals surface area contributed by atoms with E-state index in [-0.39, 0.29) is 11.7 Å². The van der Waals surface area contributed by atoms with Gasteiger partial charge in [0.05, 0.1) is 25.4 Å². The van der Waals surface area contributed by atoms with E-state index >= 15 is 0 Å². The SMILES string of the molecule is COc1ccc(CN2CCC[C@]3(C[C@H](OC)CO3)C2)cc1. The molecule has 2 saturated heterocycles. The first-order valence-corrected chi connectivity index (χ1v) is 7.75. The Labute approximate surface area is 127 Å². The van der Waals surface area contributed by atoms with Crippen LogP contribution in [0.15, 0.2) is 24.3 Å². The molecule has 4 nitrogen and oxygen atoms in total. The third-order valence-corrected chi connectivity index (χ3v) is 4.69. The molecule has 2 atom stereocenters. The molecule has 0 bridgehead atoms. The summed E-state index contributed by atoms with van der Waals surface area (Å²) in [5.41, 5.74) is 1.35. The molecule has 1 spiro atoms. The quantitative estimate of drug-likeness (QED) is 0.853. The van der Waals surface area contributed by atoms with Gasteiger partial charge in [0.25, 0.3) is 0 Å². The molecule has 116 valence electrons. The lowest BCUT2D eigenvalue weighted by atomic mass is 9.89. The zero-order chi connectivity index (χ0) is 14.7. The second-order valence-corrected chi connectivity index (χ2v) is 6.22. The largest absolute Gasteiger partial charge is 0.497 e. The lowest BCUT2D eigenvalue weighted by Crippen LogP contribution is -2.47. The molecule has 4 heteroatoms. The summed E-state index contributed by atoms with van der Waals surface area (Å²) >= 11 is 0. The predicted molar refractivity (Wildman–Crippen MR) is 81.6 cm³/mol. The van der Waals surface area contributed by atoms with Crippen molar-refractivity contribution in [2.75, 3.05) is 33.9 Å². The number of rotatable bonds is 4. The summed E-state index contributed by atoms with van der Waals surface area (Å²) in [6, 6.07) is 8.35. The van der Waals surface area contributed by atoms with E-state index in [2.05, 4.69) is 17.0 Å². The zero-order valence-electron chi connectivity index (χ0n) is 13.0. The zero-order valence-corrected chi connectivity index (χ0v) is 13.0. The van der Waals surface area contributed by atoms with Gasteiger partial charge in [-0.3, -0.25) is 4.90 Å². The summed E-state index contributed by atoms with van der Waals surface area (Å²) in [5.74, 6) is 0.913. The first-order valence-electron chi connectivity index (χ1n) is 7.75. The van der Waals surface area contributed by atoms with Gasteiger partial charge in [0, 0.05) is 26.6 Å². The van der Waals surface area contributed by atoms with Gasteiger partial charge in [-0.2, -0.15) is 0 Å². The summed E-state index contributed by atoms with van der Waals surface area (Å²) < 4.78 is 16.8. The minimum atomic E-state index is 0.0192. The second-order valence-electron chi connectivity index (χ2n) is 6.22. The summed E-state index contributed by atoms with van der Waals surface area (Å²) in [6.07, 6.45) is 3.66. The first kappa shape index (κ1) is 14.8. The Morgan fingerprint density at radius 2 is 2.10 bits per heavy atom. The molecule has 0 radical (unpaired) electrons. The van der Waals surface area contributed by atoms with Crippen molar-refractivity contribution < 1.29 is 14.2 Å². The number of nitrogens with zero attached hydrogens (tertiary/aromatic N) is 1. The van der Waals surface area contributed by atoms with Gasteiger partial charge < -0.3 is 14.2 Å². The third kappa shape index (κ3) is 3.39. The molecule has 0 N–H and O–H groups in total. The maximum atomic E-state index is 6.10. The molecule has 2 fully saturated rings. The van der Waals surface area contributed by atoms with Crippen molar-refractivity contribution in [3.05, 3.63) is 29.8 Å². The van der Waals surface area contributed by atoms with Crippen molar-refractivity contribution in [2.45, 2.75) is 37.5 Å². The molecular weight excluding hydrogens is 266 g/mol. The fourth-order valence-electron chi connectivity index (χ4n) is 3.55. The average molecular weight is 291 g/mol. The van der Waals surface area contributed by atoms with Gasteiger partial charge >= 0.3 is 0 Å². The molecule has 2 aliphatic rings. The maximum Gasteiger partial charge on any atom is 0.118 e. The standard InChI is InChI=1S/C17H25NO3/c1-19-15-6-4-14(5-7-15)11-18-9-3-8-17(13-18)10-16(20-2)12-21-17/h4-7,16H,3,8-13H2,1-2H3/t16-,17-/m0/s1. The van der Waals surface area contributed by atoms with Crippen LogP contribution in [0, 0.1) is 0 Å². The van der Waals surface area contributed by atoms with Crippen molar-refractivity contribution >= 4 is 0 Å². The molecule has 2 heterocycles. The Bertz CT molecular complexity index is 462. The molecule has 0 unspecified atom stereocenters. The molecule has 0 amide bonds. The minimum absolute atomic E-state index is 0.0192. The molecule has 0 saturated carbocycles. The average Bonchev–Trinajstić information content (AvgIpc) is 2.91. The highest BCUT2D eigenvalue weighted by Crippen LogP contribution is 2.36. The van der Waals surface area contributed by atoms with Crippen LogP contribution in [-0.4, -0.2) is 50.5 Å². The normalized spacial score (nSPS) is 29.9. The molecule has 2 aliphatic heterocycles. The minimum Gasteiger partial charge on any atom is -0.497 e. The Morgan fingerprint density at radius 3 is 2.76 bits per heavy atom. The molecule has 1 aromatic rings. The van der Waals surface area contributed by atoms with E-state index in [1.807, 2.05) is 12.1 Å². The summed E-state index contributed by atoms with van der Waals surface area (Å²) in [5, 5.41) is 0. The second kappa shape index (κ2) is 6.34. The third-order valence-electron chi connectivity index (χ3n) is 4.69. The van der Waals surface area contributed by atoms with Crippen molar-refractivity contribution in [1.29, 1.82) is 0 Å². The highest BCUT2D eigenvalue weighted by molar-refractivity contribution is 5.27. The Balaban J connectivity index is 1.61. The van der Waals surface area contributed by atoms with Crippen LogP contribution in [0.25, 0.3) is 0 Å². The number of piperidine rings is 1. The Kier molecular flexibility index (Phi) is 4.48. The highest BCUT2D eigenvalue weighted by atomic mass is 16.6. The van der Waals surface area contributed by atoms with Crippen molar-refractivity contribution in [3.63, 3.8) is 0 Å². The lowest BCUT2D eigenvalue weighted by Gasteiger charge is -2.39. The van der Waals surface area contributed by atoms with E-state index in [0.29, 0.717) is 0 Å². The topological polar surface area (TPSA) is 30.9 Å². The van der Waals surface area contributed by atoms with Gasteiger partial charge in [-0.1, -0.05) is 12.1 Å². The van der Waals surface area contributed by atoms with E-state index in [4.69, 9.17) is 14.2 Å². The lowest BCUT2D eigenvalue weighted by molar-refractivity contribution is -0.0542. The number of hydrogen-bond acceptors (Lipinski definition) is 4. The van der Waals surface area contributed by atoms with Crippen LogP contribution in [0.3, 0.4) is 0 Å². The molecule has 0 aromatic heterocycles. The van der Waals surface area contributed by atoms with Crippen LogP contribution in [0.5, 0.6) is 5.75 Å². The summed E-state index contributed by atoms with van der Waals surface area (Å²) in [7, 11) is 3.48. The number of hydrogen-bond donors (Lipinski definition) is 0. The number of likely N-dealkylation sites (tertiary alicyclic amines) is 1. The van der Waals surface area contributed by atoms with Gasteiger partial charge in [0.1, 0.15) is 5.75 Å². The highest BCUT2D eigenvalue weighted by Gasteiger charge is 2.43. The fraction of sp³-hybridized carbons (Fsp3) is 0.647. The van der Waals surface area contributed by atoms with Crippen molar-refractivity contribution in [2.24, 2.45) is 0 Å². The van der Waals surface area contributed by atoms with Crippen LogP contribution in [0.4, 0.5) is 0 Å². The van der Waals surface area contributed by atoms with E-state index in [1.165, 1.54) is 12.0 Å². The number of methoxy groups -OCH3 is 2. The van der Waals surface area contributed by atoms with Crippen LogP contribution < -0.4 is 4.74 Å². The maximum absolute atomic E-state index is 6.10. The monoisotopic (exact) mass is 291 g/mol. The number of ether oxygens (including phenoxy) is 3. The molecular formula is C17H25NO3. The van der Waals surface area contributed by atoms with Gasteiger partial charge in [-0.05, 0) is 37.1 Å². The van der Waals surface area contributed by atoms with Crippen LogP contribution in [0.2, 0.25) is 0 Å². The Hall–Kier alpha value is -1.10. The fourth-order valence-corrected chi connectivity index (χ4v) is 3.55. The molecule has 1 aromatic carbocycles. The van der Waals surface area contributed by atoms with Crippen LogP contribution in [-0.2, 0) is 16.0 Å². The van der Waals surface area contributed by atoms with Crippen molar-refractivity contribution in [3.8, 4) is 5.75 Å². The van der Waals surface area contributed by atoms with Gasteiger partial charge in [-0.15, -0.1) is 0 Å². The van der Waals surface area contributed by atoms with Gasteiger partial charge in [0.15, 0.2) is 0 Å².